The Labute approximate surface area is 109 Å². The summed E-state index contributed by atoms with van der Waals surface area (Å²) in [5, 5.41) is 4.63. The highest BCUT2D eigenvalue weighted by atomic mass is 32.1. The number of rotatable bonds is 4. The summed E-state index contributed by atoms with van der Waals surface area (Å²) in [5.74, 6) is 0.554. The second-order valence-electron chi connectivity index (χ2n) is 3.71. The first-order chi connectivity index (χ1) is 8.72. The molecular formula is C13H14N2O2S. The van der Waals surface area contributed by atoms with Crippen molar-refractivity contribution in [3.05, 3.63) is 46.2 Å². The predicted molar refractivity (Wildman–Crippen MR) is 73.2 cm³/mol. The van der Waals surface area contributed by atoms with Gasteiger partial charge < -0.3 is 15.8 Å². The van der Waals surface area contributed by atoms with E-state index in [1.54, 1.807) is 18.6 Å². The van der Waals surface area contributed by atoms with Gasteiger partial charge in [-0.15, -0.1) is 11.3 Å². The number of hydrogen-bond donors (Lipinski definition) is 2. The zero-order valence-electron chi connectivity index (χ0n) is 9.97. The fourth-order valence-corrected chi connectivity index (χ4v) is 2.26. The third-order valence-corrected chi connectivity index (χ3v) is 3.36. The van der Waals surface area contributed by atoms with E-state index in [2.05, 4.69) is 5.32 Å². The molecule has 0 aliphatic heterocycles. The Bertz CT molecular complexity index is 551. The molecule has 0 spiro atoms. The van der Waals surface area contributed by atoms with Crippen LogP contribution in [0, 0.1) is 0 Å². The monoisotopic (exact) mass is 262 g/mol. The molecular weight excluding hydrogens is 248 g/mol. The molecule has 0 fully saturated rings. The van der Waals surface area contributed by atoms with Crippen molar-refractivity contribution in [2.24, 2.45) is 5.73 Å². The van der Waals surface area contributed by atoms with E-state index in [4.69, 9.17) is 10.5 Å². The number of carbonyl (C=O) groups excluding carboxylic acids is 1. The number of carbonyl (C=O) groups is 1. The van der Waals surface area contributed by atoms with Gasteiger partial charge in [0.1, 0.15) is 5.75 Å². The van der Waals surface area contributed by atoms with Gasteiger partial charge in [0.15, 0.2) is 0 Å². The molecule has 2 rings (SSSR count). The maximum atomic E-state index is 12.0. The Morgan fingerprint density at radius 3 is 2.94 bits per heavy atom. The Balaban J connectivity index is 2.10. The Morgan fingerprint density at radius 1 is 1.44 bits per heavy atom. The number of nitrogens with two attached hydrogens (primary N) is 1. The molecule has 3 N–H and O–H groups in total. The van der Waals surface area contributed by atoms with Crippen molar-refractivity contribution in [2.75, 3.05) is 12.4 Å². The molecule has 0 atom stereocenters. The lowest BCUT2D eigenvalue weighted by Gasteiger charge is -2.05. The fourth-order valence-electron chi connectivity index (χ4n) is 1.51. The van der Waals surface area contributed by atoms with Crippen LogP contribution in [0.3, 0.4) is 0 Å². The highest BCUT2D eigenvalue weighted by Crippen LogP contribution is 2.22. The molecule has 0 saturated carbocycles. The van der Waals surface area contributed by atoms with Crippen molar-refractivity contribution >= 4 is 22.9 Å². The number of methoxy groups -OCH3 is 1. The van der Waals surface area contributed by atoms with E-state index in [0.717, 1.165) is 11.3 Å². The first kappa shape index (κ1) is 12.6. The van der Waals surface area contributed by atoms with Gasteiger partial charge in [0.25, 0.3) is 5.91 Å². The number of nitrogens with one attached hydrogen (secondary N) is 1. The van der Waals surface area contributed by atoms with Gasteiger partial charge in [0, 0.05) is 23.7 Å². The molecule has 94 valence electrons. The van der Waals surface area contributed by atoms with Crippen LogP contribution < -0.4 is 15.8 Å². The van der Waals surface area contributed by atoms with Gasteiger partial charge in [0.2, 0.25) is 0 Å². The lowest BCUT2D eigenvalue weighted by atomic mass is 10.2. The lowest BCUT2D eigenvalue weighted by Crippen LogP contribution is -2.10. The van der Waals surface area contributed by atoms with Crippen LogP contribution in [0.2, 0.25) is 0 Å². The maximum Gasteiger partial charge on any atom is 0.265 e. The topological polar surface area (TPSA) is 64.3 Å². The number of anilines is 1. The summed E-state index contributed by atoms with van der Waals surface area (Å²) >= 11 is 1.35. The number of ether oxygens (including phenoxy) is 1. The number of amides is 1. The third-order valence-electron chi connectivity index (χ3n) is 2.46. The van der Waals surface area contributed by atoms with Crippen molar-refractivity contribution < 1.29 is 9.53 Å². The molecule has 0 saturated heterocycles. The second kappa shape index (κ2) is 5.66. The maximum absolute atomic E-state index is 12.0. The van der Waals surface area contributed by atoms with Gasteiger partial charge >= 0.3 is 0 Å². The zero-order valence-corrected chi connectivity index (χ0v) is 10.8. The van der Waals surface area contributed by atoms with Crippen LogP contribution in [0.25, 0.3) is 0 Å². The van der Waals surface area contributed by atoms with E-state index in [9.17, 15) is 4.79 Å². The van der Waals surface area contributed by atoms with Crippen molar-refractivity contribution in [1.82, 2.24) is 0 Å². The van der Waals surface area contributed by atoms with E-state index in [0.29, 0.717) is 17.2 Å². The third kappa shape index (κ3) is 2.88. The van der Waals surface area contributed by atoms with Gasteiger partial charge in [-0.2, -0.15) is 0 Å². The minimum atomic E-state index is -0.141. The Kier molecular flexibility index (Phi) is 3.96. The van der Waals surface area contributed by atoms with Crippen LogP contribution in [-0.2, 0) is 6.54 Å². The molecule has 18 heavy (non-hydrogen) atoms. The molecule has 0 bridgehead atoms. The quantitative estimate of drug-likeness (QED) is 0.889. The summed E-state index contributed by atoms with van der Waals surface area (Å²) in [7, 11) is 1.58. The van der Waals surface area contributed by atoms with E-state index >= 15 is 0 Å². The Hall–Kier alpha value is -1.85. The minimum Gasteiger partial charge on any atom is -0.496 e. The Morgan fingerprint density at radius 2 is 2.28 bits per heavy atom. The predicted octanol–water partition coefficient (Wildman–Crippen LogP) is 2.47. The molecule has 0 aliphatic rings. The normalized spacial score (nSPS) is 10.1. The van der Waals surface area contributed by atoms with Crippen LogP contribution in [0.1, 0.15) is 15.2 Å². The minimum absolute atomic E-state index is 0.141. The van der Waals surface area contributed by atoms with E-state index < -0.39 is 0 Å². The SMILES string of the molecule is COc1csc(C(=O)Nc2cccc(CN)c2)c1. The number of benzene rings is 1. The van der Waals surface area contributed by atoms with Gasteiger partial charge in [-0.25, -0.2) is 0 Å². The van der Waals surface area contributed by atoms with Crippen LogP contribution >= 0.6 is 11.3 Å². The summed E-state index contributed by atoms with van der Waals surface area (Å²) in [6, 6.07) is 9.20. The van der Waals surface area contributed by atoms with Crippen LogP contribution in [0.5, 0.6) is 5.75 Å². The van der Waals surface area contributed by atoms with Crippen molar-refractivity contribution in [3.8, 4) is 5.75 Å². The largest absolute Gasteiger partial charge is 0.496 e. The van der Waals surface area contributed by atoms with E-state index in [1.807, 2.05) is 24.3 Å². The molecule has 1 aromatic carbocycles. The molecule has 0 radical (unpaired) electrons. The lowest BCUT2D eigenvalue weighted by molar-refractivity contribution is 0.103. The zero-order chi connectivity index (χ0) is 13.0. The molecule has 1 amide bonds. The van der Waals surface area contributed by atoms with Crippen LogP contribution in [-0.4, -0.2) is 13.0 Å². The van der Waals surface area contributed by atoms with Gasteiger partial charge in [0.05, 0.1) is 12.0 Å². The molecule has 2 aromatic rings. The fraction of sp³-hybridized carbons (Fsp3) is 0.154. The summed E-state index contributed by atoms with van der Waals surface area (Å²) in [6.07, 6.45) is 0. The highest BCUT2D eigenvalue weighted by molar-refractivity contribution is 7.12. The molecule has 4 nitrogen and oxygen atoms in total. The average Bonchev–Trinajstić information content (AvgIpc) is 2.88. The summed E-state index contributed by atoms with van der Waals surface area (Å²) < 4.78 is 5.05. The van der Waals surface area contributed by atoms with Gasteiger partial charge in [-0.05, 0) is 17.7 Å². The van der Waals surface area contributed by atoms with Crippen molar-refractivity contribution in [2.45, 2.75) is 6.54 Å². The smallest absolute Gasteiger partial charge is 0.265 e. The molecule has 5 heteroatoms. The highest BCUT2D eigenvalue weighted by Gasteiger charge is 2.09. The first-order valence-electron chi connectivity index (χ1n) is 5.46. The second-order valence-corrected chi connectivity index (χ2v) is 4.62. The number of hydrogen-bond acceptors (Lipinski definition) is 4. The molecule has 0 unspecified atom stereocenters. The summed E-state index contributed by atoms with van der Waals surface area (Å²) in [5.41, 5.74) is 7.28. The van der Waals surface area contributed by atoms with Gasteiger partial charge in [-0.1, -0.05) is 12.1 Å². The summed E-state index contributed by atoms with van der Waals surface area (Å²) in [4.78, 5) is 12.6. The van der Waals surface area contributed by atoms with Crippen molar-refractivity contribution in [1.29, 1.82) is 0 Å². The standard InChI is InChI=1S/C13H14N2O2S/c1-17-11-6-12(18-8-11)13(16)15-10-4-2-3-9(5-10)7-14/h2-6,8H,7,14H2,1H3,(H,15,16). The molecule has 1 heterocycles. The first-order valence-corrected chi connectivity index (χ1v) is 6.34. The number of thiophene rings is 1. The van der Waals surface area contributed by atoms with E-state index in [1.165, 1.54) is 11.3 Å². The van der Waals surface area contributed by atoms with Gasteiger partial charge in [-0.3, -0.25) is 4.79 Å². The van der Waals surface area contributed by atoms with E-state index in [-0.39, 0.29) is 5.91 Å². The van der Waals surface area contributed by atoms with Crippen molar-refractivity contribution in [3.63, 3.8) is 0 Å². The average molecular weight is 262 g/mol. The van der Waals surface area contributed by atoms with Crippen LogP contribution in [0.4, 0.5) is 5.69 Å². The van der Waals surface area contributed by atoms with Crippen LogP contribution in [0.15, 0.2) is 35.7 Å². The molecule has 1 aromatic heterocycles. The summed E-state index contributed by atoms with van der Waals surface area (Å²) in [6.45, 7) is 0.455. The molecule has 0 aliphatic carbocycles.